The molecule has 2 N–H and O–H groups in total. The van der Waals surface area contributed by atoms with Crippen LogP contribution in [0.25, 0.3) is 0 Å². The zero-order valence-electron chi connectivity index (χ0n) is 19.6. The Labute approximate surface area is 196 Å². The van der Waals surface area contributed by atoms with E-state index in [4.69, 9.17) is 4.74 Å². The van der Waals surface area contributed by atoms with E-state index in [1.165, 1.54) is 6.07 Å². The molecule has 0 radical (unpaired) electrons. The number of nitrogens with one attached hydrogen (secondary N) is 2. The lowest BCUT2D eigenvalue weighted by molar-refractivity contribution is 0.0939. The van der Waals surface area contributed by atoms with Crippen molar-refractivity contribution in [2.45, 2.75) is 45.6 Å². The zero-order valence-corrected chi connectivity index (χ0v) is 20.4. The van der Waals surface area contributed by atoms with Crippen LogP contribution in [0.5, 0.6) is 5.75 Å². The number of carbonyl (C=O) groups excluding carboxylic acids is 1. The highest BCUT2D eigenvalue weighted by molar-refractivity contribution is 7.92. The van der Waals surface area contributed by atoms with Gasteiger partial charge in [0.25, 0.3) is 15.9 Å². The van der Waals surface area contributed by atoms with Crippen LogP contribution < -0.4 is 14.8 Å². The molecule has 0 spiro atoms. The minimum absolute atomic E-state index is 0.0714. The molecule has 174 valence electrons. The standard InChI is InChI=1S/C26H30N2O4S/c1-6-32-24-13-10-21(11-14-24)20(5)27-26(29)22-9-7-18(3)25(16-22)33(30,31)28-23-12-8-17(2)19(4)15-23/h7-16,20,28H,6H2,1-5H3,(H,27,29). The second-order valence-electron chi connectivity index (χ2n) is 8.08. The van der Waals surface area contributed by atoms with Crippen molar-refractivity contribution < 1.29 is 17.9 Å². The van der Waals surface area contributed by atoms with Gasteiger partial charge in [-0.3, -0.25) is 9.52 Å². The quantitative estimate of drug-likeness (QED) is 0.472. The number of ether oxygens (including phenoxy) is 1. The molecule has 6 nitrogen and oxygen atoms in total. The maximum Gasteiger partial charge on any atom is 0.262 e. The number of hydrogen-bond donors (Lipinski definition) is 2. The van der Waals surface area contributed by atoms with Gasteiger partial charge in [-0.15, -0.1) is 0 Å². The van der Waals surface area contributed by atoms with Crippen LogP contribution in [0.4, 0.5) is 5.69 Å². The molecule has 0 aliphatic rings. The molecule has 1 amide bonds. The van der Waals surface area contributed by atoms with Gasteiger partial charge in [0.15, 0.2) is 0 Å². The fourth-order valence-corrected chi connectivity index (χ4v) is 4.75. The third-order valence-electron chi connectivity index (χ3n) is 5.54. The Bertz CT molecular complexity index is 1250. The van der Waals surface area contributed by atoms with E-state index in [1.54, 1.807) is 31.2 Å². The molecule has 1 unspecified atom stereocenters. The van der Waals surface area contributed by atoms with Crippen molar-refractivity contribution in [1.82, 2.24) is 5.32 Å². The van der Waals surface area contributed by atoms with Gasteiger partial charge in [-0.2, -0.15) is 0 Å². The fourth-order valence-electron chi connectivity index (χ4n) is 3.43. The topological polar surface area (TPSA) is 84.5 Å². The maximum absolute atomic E-state index is 13.1. The average molecular weight is 467 g/mol. The third kappa shape index (κ3) is 5.93. The summed E-state index contributed by atoms with van der Waals surface area (Å²) < 4.78 is 34.2. The van der Waals surface area contributed by atoms with Gasteiger partial charge in [0, 0.05) is 11.3 Å². The molecular weight excluding hydrogens is 436 g/mol. The predicted molar refractivity (Wildman–Crippen MR) is 131 cm³/mol. The number of benzene rings is 3. The minimum Gasteiger partial charge on any atom is -0.494 e. The van der Waals surface area contributed by atoms with Crippen LogP contribution in [0.3, 0.4) is 0 Å². The van der Waals surface area contributed by atoms with Gasteiger partial charge in [0.1, 0.15) is 5.75 Å². The molecule has 0 aromatic heterocycles. The summed E-state index contributed by atoms with van der Waals surface area (Å²) in [7, 11) is -3.86. The summed E-state index contributed by atoms with van der Waals surface area (Å²) in [4.78, 5) is 12.9. The van der Waals surface area contributed by atoms with E-state index in [-0.39, 0.29) is 22.4 Å². The molecule has 0 saturated heterocycles. The lowest BCUT2D eigenvalue weighted by Gasteiger charge is -2.16. The van der Waals surface area contributed by atoms with Gasteiger partial charge in [-0.25, -0.2) is 8.42 Å². The average Bonchev–Trinajstić information content (AvgIpc) is 2.77. The van der Waals surface area contributed by atoms with Gasteiger partial charge < -0.3 is 10.1 Å². The van der Waals surface area contributed by atoms with E-state index < -0.39 is 10.0 Å². The molecule has 3 aromatic rings. The van der Waals surface area contributed by atoms with E-state index in [1.807, 2.05) is 58.0 Å². The first-order valence-corrected chi connectivity index (χ1v) is 12.3. The van der Waals surface area contributed by atoms with Crippen LogP contribution in [0, 0.1) is 20.8 Å². The largest absolute Gasteiger partial charge is 0.494 e. The Morgan fingerprint density at radius 3 is 2.21 bits per heavy atom. The Balaban J connectivity index is 1.79. The number of anilines is 1. The molecule has 3 aromatic carbocycles. The summed E-state index contributed by atoms with van der Waals surface area (Å²) in [5, 5.41) is 2.93. The highest BCUT2D eigenvalue weighted by Crippen LogP contribution is 2.23. The van der Waals surface area contributed by atoms with Crippen molar-refractivity contribution in [3.8, 4) is 5.75 Å². The molecule has 33 heavy (non-hydrogen) atoms. The molecule has 0 fully saturated rings. The van der Waals surface area contributed by atoms with Crippen molar-refractivity contribution in [3.05, 3.63) is 88.5 Å². The monoisotopic (exact) mass is 466 g/mol. The molecule has 7 heteroatoms. The van der Waals surface area contributed by atoms with Crippen LogP contribution in [-0.2, 0) is 10.0 Å². The summed E-state index contributed by atoms with van der Waals surface area (Å²) in [5.74, 6) is 0.420. The van der Waals surface area contributed by atoms with E-state index in [9.17, 15) is 13.2 Å². The van der Waals surface area contributed by atoms with Crippen LogP contribution in [0.2, 0.25) is 0 Å². The molecule has 3 rings (SSSR count). The summed E-state index contributed by atoms with van der Waals surface area (Å²) in [5.41, 5.74) is 4.30. The molecule has 0 bridgehead atoms. The van der Waals surface area contributed by atoms with Gasteiger partial charge in [0.2, 0.25) is 0 Å². The Kier molecular flexibility index (Phi) is 7.43. The predicted octanol–water partition coefficient (Wildman–Crippen LogP) is 5.30. The molecular formula is C26H30N2O4S. The van der Waals surface area contributed by atoms with E-state index >= 15 is 0 Å². The maximum atomic E-state index is 13.1. The molecule has 0 saturated carbocycles. The van der Waals surface area contributed by atoms with Crippen LogP contribution >= 0.6 is 0 Å². The van der Waals surface area contributed by atoms with E-state index in [0.717, 1.165) is 22.4 Å². The summed E-state index contributed by atoms with van der Waals surface area (Å²) in [6.45, 7) is 9.98. The van der Waals surface area contributed by atoms with Crippen molar-refractivity contribution in [1.29, 1.82) is 0 Å². The third-order valence-corrected chi connectivity index (χ3v) is 7.06. The number of sulfonamides is 1. The van der Waals surface area contributed by atoms with Crippen LogP contribution in [0.1, 0.15) is 52.5 Å². The smallest absolute Gasteiger partial charge is 0.262 e. The Hall–Kier alpha value is -3.32. The first kappa shape index (κ1) is 24.3. The number of carbonyl (C=O) groups is 1. The van der Waals surface area contributed by atoms with Crippen LogP contribution in [0.15, 0.2) is 65.6 Å². The first-order valence-electron chi connectivity index (χ1n) is 10.8. The normalized spacial score (nSPS) is 12.2. The van der Waals surface area contributed by atoms with Gasteiger partial charge in [0.05, 0.1) is 17.5 Å². The zero-order chi connectivity index (χ0) is 24.2. The van der Waals surface area contributed by atoms with E-state index in [2.05, 4.69) is 10.0 Å². The number of amides is 1. The van der Waals surface area contributed by atoms with Gasteiger partial charge in [-0.1, -0.05) is 24.3 Å². The van der Waals surface area contributed by atoms with Crippen molar-refractivity contribution in [2.24, 2.45) is 0 Å². The highest BCUT2D eigenvalue weighted by atomic mass is 32.2. The summed E-state index contributed by atoms with van der Waals surface area (Å²) in [6, 6.07) is 17.3. The molecule has 0 aliphatic carbocycles. The summed E-state index contributed by atoms with van der Waals surface area (Å²) in [6.07, 6.45) is 0. The SMILES string of the molecule is CCOc1ccc(C(C)NC(=O)c2ccc(C)c(S(=O)(=O)Nc3ccc(C)c(C)c3)c2)cc1. The lowest BCUT2D eigenvalue weighted by Crippen LogP contribution is -2.27. The number of hydrogen-bond acceptors (Lipinski definition) is 4. The Morgan fingerprint density at radius 1 is 0.909 bits per heavy atom. The van der Waals surface area contributed by atoms with Crippen molar-refractivity contribution in [3.63, 3.8) is 0 Å². The van der Waals surface area contributed by atoms with E-state index in [0.29, 0.717) is 17.9 Å². The van der Waals surface area contributed by atoms with Gasteiger partial charge in [-0.05, 0) is 93.3 Å². The molecule has 0 aliphatic heterocycles. The minimum atomic E-state index is -3.86. The van der Waals surface area contributed by atoms with Crippen LogP contribution in [-0.4, -0.2) is 20.9 Å². The Morgan fingerprint density at radius 2 is 1.58 bits per heavy atom. The van der Waals surface area contributed by atoms with Crippen molar-refractivity contribution >= 4 is 21.6 Å². The summed E-state index contributed by atoms with van der Waals surface area (Å²) >= 11 is 0. The number of rotatable bonds is 8. The molecule has 1 atom stereocenters. The van der Waals surface area contributed by atoms with Gasteiger partial charge >= 0.3 is 0 Å². The second-order valence-corrected chi connectivity index (χ2v) is 9.73. The second kappa shape index (κ2) is 10.1. The fraction of sp³-hybridized carbons (Fsp3) is 0.269. The lowest BCUT2D eigenvalue weighted by atomic mass is 10.1. The number of aryl methyl sites for hydroxylation is 3. The molecule has 0 heterocycles. The van der Waals surface area contributed by atoms with Crippen molar-refractivity contribution in [2.75, 3.05) is 11.3 Å². The highest BCUT2D eigenvalue weighted by Gasteiger charge is 2.20. The first-order chi connectivity index (χ1) is 15.6.